The van der Waals surface area contributed by atoms with Gasteiger partial charge in [0.15, 0.2) is 0 Å². The number of nitrogens with two attached hydrogens (primary N) is 1. The van der Waals surface area contributed by atoms with Crippen molar-refractivity contribution in [3.63, 3.8) is 0 Å². The van der Waals surface area contributed by atoms with Gasteiger partial charge in [0, 0.05) is 31.0 Å². The number of hydrogen-bond donors (Lipinski definition) is 1. The number of pyridine rings is 1. The maximum Gasteiger partial charge on any atom is 0.0354 e. The van der Waals surface area contributed by atoms with Gasteiger partial charge < -0.3 is 5.73 Å². The maximum absolute atomic E-state index is 6.24. The molecule has 1 aromatic heterocycles. The SMILES string of the molecule is CC1CC(C)(C)CCC1(CN)N(C)CCc1ccncc1. The summed E-state index contributed by atoms with van der Waals surface area (Å²) in [6, 6.07) is 4.22. The third kappa shape index (κ3) is 3.64. The second kappa shape index (κ2) is 6.45. The van der Waals surface area contributed by atoms with Gasteiger partial charge in [0.05, 0.1) is 0 Å². The number of hydrogen-bond acceptors (Lipinski definition) is 3. The molecule has 0 radical (unpaired) electrons. The largest absolute Gasteiger partial charge is 0.329 e. The second-order valence-corrected chi connectivity index (χ2v) is 7.60. The van der Waals surface area contributed by atoms with Crippen LogP contribution in [-0.2, 0) is 6.42 Å². The molecule has 1 aliphatic rings. The van der Waals surface area contributed by atoms with Gasteiger partial charge >= 0.3 is 0 Å². The van der Waals surface area contributed by atoms with Crippen LogP contribution in [0.25, 0.3) is 0 Å². The molecule has 0 spiro atoms. The minimum atomic E-state index is 0.169. The fourth-order valence-corrected chi connectivity index (χ4v) is 4.02. The van der Waals surface area contributed by atoms with Crippen molar-refractivity contribution in [1.82, 2.24) is 9.88 Å². The van der Waals surface area contributed by atoms with Crippen LogP contribution < -0.4 is 5.73 Å². The number of aromatic nitrogens is 1. The molecule has 0 aromatic carbocycles. The summed E-state index contributed by atoms with van der Waals surface area (Å²) in [5, 5.41) is 0. The standard InChI is InChI=1S/C18H31N3/c1-15-13-17(2,3)8-9-18(15,14-19)21(4)12-7-16-5-10-20-11-6-16/h5-6,10-11,15H,7-9,12-14,19H2,1-4H3. The fourth-order valence-electron chi connectivity index (χ4n) is 4.02. The first kappa shape index (κ1) is 16.4. The van der Waals surface area contributed by atoms with Crippen molar-refractivity contribution in [2.75, 3.05) is 20.1 Å². The minimum absolute atomic E-state index is 0.169. The zero-order valence-electron chi connectivity index (χ0n) is 14.1. The smallest absolute Gasteiger partial charge is 0.0354 e. The normalized spacial score (nSPS) is 28.8. The molecular formula is C18H31N3. The van der Waals surface area contributed by atoms with Crippen molar-refractivity contribution in [2.24, 2.45) is 17.1 Å². The van der Waals surface area contributed by atoms with Crippen LogP contribution in [0.5, 0.6) is 0 Å². The van der Waals surface area contributed by atoms with Crippen LogP contribution in [0.1, 0.15) is 45.6 Å². The molecule has 1 fully saturated rings. The molecule has 21 heavy (non-hydrogen) atoms. The van der Waals surface area contributed by atoms with Crippen LogP contribution in [0.2, 0.25) is 0 Å². The van der Waals surface area contributed by atoms with Gasteiger partial charge in [0.25, 0.3) is 0 Å². The first-order valence-corrected chi connectivity index (χ1v) is 8.20. The van der Waals surface area contributed by atoms with E-state index in [1.54, 1.807) is 0 Å². The Bertz CT molecular complexity index is 443. The average molecular weight is 289 g/mol. The lowest BCUT2D eigenvalue weighted by Gasteiger charge is -2.53. The number of nitrogens with zero attached hydrogens (tertiary/aromatic N) is 2. The lowest BCUT2D eigenvalue weighted by atomic mass is 9.63. The summed E-state index contributed by atoms with van der Waals surface area (Å²) < 4.78 is 0. The van der Waals surface area contributed by atoms with E-state index in [9.17, 15) is 0 Å². The average Bonchev–Trinajstić information content (AvgIpc) is 2.46. The summed E-state index contributed by atoms with van der Waals surface area (Å²) in [6.45, 7) is 8.99. The van der Waals surface area contributed by atoms with E-state index in [-0.39, 0.29) is 5.54 Å². The third-order valence-electron chi connectivity index (χ3n) is 5.61. The molecule has 3 nitrogen and oxygen atoms in total. The summed E-state index contributed by atoms with van der Waals surface area (Å²) in [6.07, 6.45) is 8.57. The zero-order chi connectivity index (χ0) is 15.5. The minimum Gasteiger partial charge on any atom is -0.329 e. The highest BCUT2D eigenvalue weighted by atomic mass is 15.2. The second-order valence-electron chi connectivity index (χ2n) is 7.60. The van der Waals surface area contributed by atoms with Crippen molar-refractivity contribution in [1.29, 1.82) is 0 Å². The summed E-state index contributed by atoms with van der Waals surface area (Å²) in [5.74, 6) is 0.647. The lowest BCUT2D eigenvalue weighted by Crippen LogP contribution is -2.60. The Morgan fingerprint density at radius 1 is 1.29 bits per heavy atom. The third-order valence-corrected chi connectivity index (χ3v) is 5.61. The van der Waals surface area contributed by atoms with Crippen molar-refractivity contribution in [3.8, 4) is 0 Å². The van der Waals surface area contributed by atoms with Gasteiger partial charge in [-0.2, -0.15) is 0 Å². The first-order valence-electron chi connectivity index (χ1n) is 8.20. The monoisotopic (exact) mass is 289 g/mol. The summed E-state index contributed by atoms with van der Waals surface area (Å²) in [5.41, 5.74) is 8.22. The lowest BCUT2D eigenvalue weighted by molar-refractivity contribution is -0.00649. The Kier molecular flexibility index (Phi) is 5.05. The molecule has 0 aliphatic heterocycles. The van der Waals surface area contributed by atoms with Crippen LogP contribution in [0, 0.1) is 11.3 Å². The quantitative estimate of drug-likeness (QED) is 0.905. The predicted molar refractivity (Wildman–Crippen MR) is 89.2 cm³/mol. The van der Waals surface area contributed by atoms with Crippen LogP contribution in [0.3, 0.4) is 0 Å². The van der Waals surface area contributed by atoms with E-state index in [1.165, 1.54) is 24.8 Å². The summed E-state index contributed by atoms with van der Waals surface area (Å²) >= 11 is 0. The topological polar surface area (TPSA) is 42.1 Å². The van der Waals surface area contributed by atoms with E-state index >= 15 is 0 Å². The Hall–Kier alpha value is -0.930. The van der Waals surface area contributed by atoms with Gasteiger partial charge in [-0.15, -0.1) is 0 Å². The molecule has 1 saturated carbocycles. The van der Waals surface area contributed by atoms with Crippen molar-refractivity contribution >= 4 is 0 Å². The van der Waals surface area contributed by atoms with Crippen LogP contribution in [0.15, 0.2) is 24.5 Å². The van der Waals surface area contributed by atoms with E-state index in [2.05, 4.69) is 49.8 Å². The molecule has 2 atom stereocenters. The molecule has 0 bridgehead atoms. The van der Waals surface area contributed by atoms with E-state index in [1.807, 2.05) is 12.4 Å². The molecule has 2 N–H and O–H groups in total. The zero-order valence-corrected chi connectivity index (χ0v) is 14.1. The van der Waals surface area contributed by atoms with Crippen molar-refractivity contribution < 1.29 is 0 Å². The number of likely N-dealkylation sites (N-methyl/N-ethyl adjacent to an activating group) is 1. The highest BCUT2D eigenvalue weighted by Crippen LogP contribution is 2.45. The van der Waals surface area contributed by atoms with Crippen LogP contribution in [0.4, 0.5) is 0 Å². The fraction of sp³-hybridized carbons (Fsp3) is 0.722. The molecule has 2 rings (SSSR count). The van der Waals surface area contributed by atoms with Crippen LogP contribution in [-0.4, -0.2) is 35.6 Å². The molecule has 3 heteroatoms. The van der Waals surface area contributed by atoms with Gasteiger partial charge in [-0.25, -0.2) is 0 Å². The van der Waals surface area contributed by atoms with E-state index in [4.69, 9.17) is 5.73 Å². The van der Waals surface area contributed by atoms with E-state index in [0.29, 0.717) is 11.3 Å². The van der Waals surface area contributed by atoms with Gasteiger partial charge in [-0.3, -0.25) is 9.88 Å². The maximum atomic E-state index is 6.24. The van der Waals surface area contributed by atoms with Gasteiger partial charge in [-0.05, 0) is 61.8 Å². The Morgan fingerprint density at radius 2 is 1.95 bits per heavy atom. The van der Waals surface area contributed by atoms with Crippen LogP contribution >= 0.6 is 0 Å². The van der Waals surface area contributed by atoms with Gasteiger partial charge in [0.1, 0.15) is 0 Å². The van der Waals surface area contributed by atoms with E-state index in [0.717, 1.165) is 19.5 Å². The number of rotatable bonds is 5. The first-order chi connectivity index (χ1) is 9.89. The molecule has 2 unspecified atom stereocenters. The van der Waals surface area contributed by atoms with Crippen molar-refractivity contribution in [3.05, 3.63) is 30.1 Å². The predicted octanol–water partition coefficient (Wildman–Crippen LogP) is 3.10. The van der Waals surface area contributed by atoms with E-state index < -0.39 is 0 Å². The Labute approximate surface area is 129 Å². The highest BCUT2D eigenvalue weighted by Gasteiger charge is 2.45. The van der Waals surface area contributed by atoms with Crippen molar-refractivity contribution in [2.45, 2.75) is 52.0 Å². The molecule has 0 saturated heterocycles. The Balaban J connectivity index is 2.03. The molecular weight excluding hydrogens is 258 g/mol. The van der Waals surface area contributed by atoms with Gasteiger partial charge in [-0.1, -0.05) is 20.8 Å². The molecule has 0 amide bonds. The summed E-state index contributed by atoms with van der Waals surface area (Å²) in [4.78, 5) is 6.61. The molecule has 1 heterocycles. The molecule has 1 aliphatic carbocycles. The Morgan fingerprint density at radius 3 is 2.52 bits per heavy atom. The van der Waals surface area contributed by atoms with Gasteiger partial charge in [0.2, 0.25) is 0 Å². The molecule has 1 aromatic rings. The molecule has 118 valence electrons. The summed E-state index contributed by atoms with van der Waals surface area (Å²) in [7, 11) is 2.25. The highest BCUT2D eigenvalue weighted by molar-refractivity contribution is 5.10.